The molecule has 0 aromatic heterocycles. The highest BCUT2D eigenvalue weighted by atomic mass is 127. The summed E-state index contributed by atoms with van der Waals surface area (Å²) < 4.78 is 22.3. The molecule has 126 valence electrons. The average molecular weight is 449 g/mol. The summed E-state index contributed by atoms with van der Waals surface area (Å²) in [6, 6.07) is 0.0725. The Hall–Kier alpha value is 0.0400. The van der Waals surface area contributed by atoms with Crippen molar-refractivity contribution in [1.29, 1.82) is 0 Å². The molecule has 1 unspecified atom stereocenters. The molecule has 8 heteroatoms. The first kappa shape index (κ1) is 23.3. The van der Waals surface area contributed by atoms with Gasteiger partial charge < -0.3 is 10.6 Å². The average Bonchev–Trinajstić information content (AvgIpc) is 2.35. The molecular formula is C13H28IN3O2S2. The molecule has 0 aliphatic carbocycles. The van der Waals surface area contributed by atoms with Gasteiger partial charge in [0.05, 0.1) is 12.3 Å². The molecule has 0 amide bonds. The Morgan fingerprint density at radius 2 is 2.14 bits per heavy atom. The predicted molar refractivity (Wildman–Crippen MR) is 106 cm³/mol. The summed E-state index contributed by atoms with van der Waals surface area (Å²) in [5.41, 5.74) is 0. The monoisotopic (exact) mass is 449 g/mol. The SMILES string of the molecule is C=CCSCCN=C(NCC)NC(C)CCS(C)(=O)=O.I. The lowest BCUT2D eigenvalue weighted by Gasteiger charge is -2.17. The molecule has 0 aromatic rings. The van der Waals surface area contributed by atoms with Gasteiger partial charge in [-0.3, -0.25) is 4.99 Å². The Balaban J connectivity index is 0. The van der Waals surface area contributed by atoms with E-state index < -0.39 is 9.84 Å². The smallest absolute Gasteiger partial charge is 0.191 e. The molecule has 0 aromatic carbocycles. The maximum Gasteiger partial charge on any atom is 0.191 e. The van der Waals surface area contributed by atoms with Gasteiger partial charge >= 0.3 is 0 Å². The Morgan fingerprint density at radius 1 is 1.48 bits per heavy atom. The molecule has 0 aliphatic heterocycles. The lowest BCUT2D eigenvalue weighted by molar-refractivity contribution is 0.581. The second-order valence-corrected chi connectivity index (χ2v) is 8.00. The number of thioether (sulfide) groups is 1. The van der Waals surface area contributed by atoms with E-state index >= 15 is 0 Å². The van der Waals surface area contributed by atoms with Crippen molar-refractivity contribution in [3.05, 3.63) is 12.7 Å². The zero-order valence-electron chi connectivity index (χ0n) is 13.1. The highest BCUT2D eigenvalue weighted by molar-refractivity contribution is 14.0. The fraction of sp³-hybridized carbons (Fsp3) is 0.769. The van der Waals surface area contributed by atoms with E-state index in [1.165, 1.54) is 6.26 Å². The van der Waals surface area contributed by atoms with Crippen molar-refractivity contribution >= 4 is 51.5 Å². The summed E-state index contributed by atoms with van der Waals surface area (Å²) in [6.07, 6.45) is 3.72. The van der Waals surface area contributed by atoms with Crippen LogP contribution in [0.5, 0.6) is 0 Å². The molecule has 5 nitrogen and oxygen atoms in total. The van der Waals surface area contributed by atoms with Crippen molar-refractivity contribution in [3.63, 3.8) is 0 Å². The Bertz CT molecular complexity index is 400. The molecule has 0 rings (SSSR count). The van der Waals surface area contributed by atoms with E-state index in [0.717, 1.165) is 30.6 Å². The third-order valence-corrected chi connectivity index (χ3v) is 4.31. The molecule has 0 saturated carbocycles. The second kappa shape index (κ2) is 13.7. The number of rotatable bonds is 10. The van der Waals surface area contributed by atoms with Crippen LogP contribution in [0.2, 0.25) is 0 Å². The quantitative estimate of drug-likeness (QED) is 0.175. The Kier molecular flexibility index (Phi) is 15.2. The molecule has 0 radical (unpaired) electrons. The van der Waals surface area contributed by atoms with Crippen molar-refractivity contribution < 1.29 is 8.42 Å². The van der Waals surface area contributed by atoms with Crippen LogP contribution in [0.25, 0.3) is 0 Å². The molecule has 0 heterocycles. The van der Waals surface area contributed by atoms with E-state index in [9.17, 15) is 8.42 Å². The van der Waals surface area contributed by atoms with Crippen LogP contribution in [0, 0.1) is 0 Å². The van der Waals surface area contributed by atoms with Gasteiger partial charge in [0.25, 0.3) is 0 Å². The molecule has 0 spiro atoms. The fourth-order valence-electron chi connectivity index (χ4n) is 1.41. The van der Waals surface area contributed by atoms with Crippen molar-refractivity contribution in [2.24, 2.45) is 4.99 Å². The van der Waals surface area contributed by atoms with Crippen LogP contribution in [0.15, 0.2) is 17.6 Å². The van der Waals surface area contributed by atoms with Crippen LogP contribution in [0.4, 0.5) is 0 Å². The van der Waals surface area contributed by atoms with Crippen LogP contribution in [-0.2, 0) is 9.84 Å². The first-order valence-electron chi connectivity index (χ1n) is 6.80. The van der Waals surface area contributed by atoms with Gasteiger partial charge in [0.15, 0.2) is 5.96 Å². The minimum absolute atomic E-state index is 0. The minimum Gasteiger partial charge on any atom is -0.357 e. The Morgan fingerprint density at radius 3 is 2.67 bits per heavy atom. The normalized spacial score (nSPS) is 13.2. The van der Waals surface area contributed by atoms with E-state index in [4.69, 9.17) is 0 Å². The zero-order valence-corrected chi connectivity index (χ0v) is 17.1. The summed E-state index contributed by atoms with van der Waals surface area (Å²) in [5.74, 6) is 2.81. The molecule has 2 N–H and O–H groups in total. The third-order valence-electron chi connectivity index (χ3n) is 2.39. The molecular weight excluding hydrogens is 421 g/mol. The zero-order chi connectivity index (χ0) is 15.4. The molecule has 0 saturated heterocycles. The van der Waals surface area contributed by atoms with Crippen LogP contribution in [0.3, 0.4) is 0 Å². The second-order valence-electron chi connectivity index (χ2n) is 4.59. The molecule has 0 aliphatic rings. The summed E-state index contributed by atoms with van der Waals surface area (Å²) in [4.78, 5) is 4.46. The Labute approximate surface area is 150 Å². The van der Waals surface area contributed by atoms with E-state index in [1.54, 1.807) is 11.8 Å². The van der Waals surface area contributed by atoms with Gasteiger partial charge in [-0.15, -0.1) is 30.6 Å². The summed E-state index contributed by atoms with van der Waals surface area (Å²) >= 11 is 1.79. The van der Waals surface area contributed by atoms with Gasteiger partial charge in [-0.2, -0.15) is 11.8 Å². The molecule has 1 atom stereocenters. The number of nitrogens with one attached hydrogen (secondary N) is 2. The number of halogens is 1. The number of sulfone groups is 1. The van der Waals surface area contributed by atoms with Gasteiger partial charge in [-0.25, -0.2) is 8.42 Å². The van der Waals surface area contributed by atoms with Crippen molar-refractivity contribution in [2.75, 3.05) is 36.6 Å². The summed E-state index contributed by atoms with van der Waals surface area (Å²) in [7, 11) is -2.91. The summed E-state index contributed by atoms with van der Waals surface area (Å²) in [5, 5.41) is 6.39. The lowest BCUT2D eigenvalue weighted by Crippen LogP contribution is -2.43. The fourth-order valence-corrected chi connectivity index (χ4v) is 2.74. The molecule has 21 heavy (non-hydrogen) atoms. The van der Waals surface area contributed by atoms with E-state index in [0.29, 0.717) is 6.42 Å². The van der Waals surface area contributed by atoms with Gasteiger partial charge in [-0.1, -0.05) is 6.08 Å². The largest absolute Gasteiger partial charge is 0.357 e. The van der Waals surface area contributed by atoms with E-state index in [-0.39, 0.29) is 35.8 Å². The van der Waals surface area contributed by atoms with E-state index in [1.807, 2.05) is 19.9 Å². The molecule has 0 fully saturated rings. The maximum absolute atomic E-state index is 11.1. The van der Waals surface area contributed by atoms with Crippen molar-refractivity contribution in [1.82, 2.24) is 10.6 Å². The van der Waals surface area contributed by atoms with Crippen LogP contribution >= 0.6 is 35.7 Å². The first-order chi connectivity index (χ1) is 9.39. The van der Waals surface area contributed by atoms with Crippen LogP contribution in [0.1, 0.15) is 20.3 Å². The van der Waals surface area contributed by atoms with Gasteiger partial charge in [-0.05, 0) is 20.3 Å². The number of hydrogen-bond donors (Lipinski definition) is 2. The van der Waals surface area contributed by atoms with Crippen LogP contribution < -0.4 is 10.6 Å². The highest BCUT2D eigenvalue weighted by Gasteiger charge is 2.09. The number of aliphatic imine (C=N–C) groups is 1. The highest BCUT2D eigenvalue weighted by Crippen LogP contribution is 1.99. The standard InChI is InChI=1S/C13H27N3O2S2.HI/c1-5-9-19-10-8-15-13(14-6-2)16-12(3)7-11-20(4,17)18;/h5,12H,1,6-11H2,2-4H3,(H2,14,15,16);1H. The number of guanidine groups is 1. The first-order valence-corrected chi connectivity index (χ1v) is 10.0. The lowest BCUT2D eigenvalue weighted by atomic mass is 10.3. The van der Waals surface area contributed by atoms with Gasteiger partial charge in [0, 0.05) is 30.3 Å². The number of nitrogens with zero attached hydrogens (tertiary/aromatic N) is 1. The summed E-state index contributed by atoms with van der Waals surface area (Å²) in [6.45, 7) is 9.15. The number of hydrogen-bond acceptors (Lipinski definition) is 4. The van der Waals surface area contributed by atoms with E-state index in [2.05, 4.69) is 22.2 Å². The maximum atomic E-state index is 11.1. The minimum atomic E-state index is -2.91. The molecule has 0 bridgehead atoms. The van der Waals surface area contributed by atoms with Crippen LogP contribution in [-0.4, -0.2) is 57.0 Å². The predicted octanol–water partition coefficient (Wildman–Crippen LogP) is 1.90. The van der Waals surface area contributed by atoms with Gasteiger partial charge in [0.1, 0.15) is 9.84 Å². The van der Waals surface area contributed by atoms with Crippen molar-refractivity contribution in [3.8, 4) is 0 Å². The topological polar surface area (TPSA) is 70.6 Å². The van der Waals surface area contributed by atoms with Gasteiger partial charge in [0.2, 0.25) is 0 Å². The van der Waals surface area contributed by atoms with Crippen molar-refractivity contribution in [2.45, 2.75) is 26.3 Å². The third kappa shape index (κ3) is 16.2.